The molecule has 3 aliphatic rings. The van der Waals surface area contributed by atoms with Crippen LogP contribution in [0.25, 0.3) is 0 Å². The standard InChI is InChI=1S/C20H28O5/c1-10(2)11-8-12-13(21)9-14-19(3,15(12)17(23)16(11)22)6-5-7-20(14,4)18(24)25/h8,10,14,16-17,22-23H,5-7,9H2,1-4H3,(H,24,25)/t14-,16+,17-,19+,20-/m1/s1. The Labute approximate surface area is 148 Å². The first-order chi connectivity index (χ1) is 11.5. The molecule has 1 fully saturated rings. The minimum Gasteiger partial charge on any atom is -0.481 e. The van der Waals surface area contributed by atoms with Crippen LogP contribution < -0.4 is 0 Å². The van der Waals surface area contributed by atoms with Crippen molar-refractivity contribution in [2.75, 3.05) is 0 Å². The number of ketones is 1. The maximum Gasteiger partial charge on any atom is 0.309 e. The number of carbonyl (C=O) groups excluding carboxylic acids is 1. The van der Waals surface area contributed by atoms with E-state index < -0.39 is 29.0 Å². The second-order valence-electron chi connectivity index (χ2n) is 8.69. The van der Waals surface area contributed by atoms with Gasteiger partial charge in [0.25, 0.3) is 0 Å². The maximum atomic E-state index is 12.9. The Morgan fingerprint density at radius 3 is 2.40 bits per heavy atom. The van der Waals surface area contributed by atoms with Crippen LogP contribution in [0.15, 0.2) is 22.8 Å². The number of fused-ring (bicyclic) bond motifs is 2. The monoisotopic (exact) mass is 348 g/mol. The number of aliphatic hydroxyl groups excluding tert-OH is 2. The van der Waals surface area contributed by atoms with Crippen molar-refractivity contribution in [3.8, 4) is 0 Å². The second-order valence-corrected chi connectivity index (χ2v) is 8.69. The van der Waals surface area contributed by atoms with Crippen molar-refractivity contribution in [2.45, 2.75) is 65.6 Å². The molecule has 0 aliphatic heterocycles. The number of carboxylic acids is 1. The van der Waals surface area contributed by atoms with Crippen LogP contribution in [-0.4, -0.2) is 39.3 Å². The number of aliphatic carboxylic acids is 1. The molecule has 0 aromatic heterocycles. The minimum atomic E-state index is -1.15. The number of hydrogen-bond donors (Lipinski definition) is 3. The molecule has 0 bridgehead atoms. The lowest BCUT2D eigenvalue weighted by molar-refractivity contribution is -0.160. The summed E-state index contributed by atoms with van der Waals surface area (Å²) in [5.74, 6) is -1.35. The summed E-state index contributed by atoms with van der Waals surface area (Å²) < 4.78 is 0. The lowest BCUT2D eigenvalue weighted by atomic mass is 9.48. The first-order valence-corrected chi connectivity index (χ1v) is 9.13. The third-order valence-electron chi connectivity index (χ3n) is 6.93. The van der Waals surface area contributed by atoms with Crippen molar-refractivity contribution < 1.29 is 24.9 Å². The highest BCUT2D eigenvalue weighted by molar-refractivity contribution is 6.01. The smallest absolute Gasteiger partial charge is 0.309 e. The quantitative estimate of drug-likeness (QED) is 0.712. The minimum absolute atomic E-state index is 0.0210. The summed E-state index contributed by atoms with van der Waals surface area (Å²) in [7, 11) is 0. The summed E-state index contributed by atoms with van der Waals surface area (Å²) in [4.78, 5) is 24.8. The Hall–Kier alpha value is -1.46. The van der Waals surface area contributed by atoms with Gasteiger partial charge in [0.2, 0.25) is 0 Å². The number of rotatable bonds is 2. The second kappa shape index (κ2) is 5.78. The van der Waals surface area contributed by atoms with Crippen LogP contribution in [0, 0.1) is 22.7 Å². The van der Waals surface area contributed by atoms with Gasteiger partial charge >= 0.3 is 5.97 Å². The van der Waals surface area contributed by atoms with Gasteiger partial charge in [-0.05, 0) is 54.2 Å². The van der Waals surface area contributed by atoms with Crippen LogP contribution >= 0.6 is 0 Å². The van der Waals surface area contributed by atoms with Crippen molar-refractivity contribution in [3.05, 3.63) is 22.8 Å². The lowest BCUT2D eigenvalue weighted by Crippen LogP contribution is -2.55. The molecule has 0 amide bonds. The highest BCUT2D eigenvalue weighted by Crippen LogP contribution is 2.61. The third-order valence-corrected chi connectivity index (χ3v) is 6.93. The van der Waals surface area contributed by atoms with Gasteiger partial charge in [-0.1, -0.05) is 27.2 Å². The van der Waals surface area contributed by atoms with Gasteiger partial charge in [0.05, 0.1) is 5.41 Å². The van der Waals surface area contributed by atoms with E-state index in [1.54, 1.807) is 13.0 Å². The molecule has 0 heterocycles. The van der Waals surface area contributed by atoms with E-state index in [1.807, 2.05) is 20.8 Å². The van der Waals surface area contributed by atoms with Crippen molar-refractivity contribution in [3.63, 3.8) is 0 Å². The normalized spacial score (nSPS) is 41.3. The molecule has 1 saturated carbocycles. The maximum absolute atomic E-state index is 12.9. The highest BCUT2D eigenvalue weighted by atomic mass is 16.4. The molecule has 0 spiro atoms. The van der Waals surface area contributed by atoms with Crippen molar-refractivity contribution in [1.29, 1.82) is 0 Å². The van der Waals surface area contributed by atoms with Crippen molar-refractivity contribution in [1.82, 2.24) is 0 Å². The van der Waals surface area contributed by atoms with Gasteiger partial charge < -0.3 is 15.3 Å². The summed E-state index contributed by atoms with van der Waals surface area (Å²) >= 11 is 0. The third kappa shape index (κ3) is 2.43. The Bertz CT molecular complexity index is 688. The SMILES string of the molecule is CC(C)C1=CC2=C([C@@H](O)[C@H]1O)[C@@]1(C)CCC[C@@](C)(C(=O)O)[C@@H]1CC2=O. The van der Waals surface area contributed by atoms with E-state index in [2.05, 4.69) is 0 Å². The van der Waals surface area contributed by atoms with Crippen molar-refractivity contribution in [2.24, 2.45) is 22.7 Å². The zero-order valence-corrected chi connectivity index (χ0v) is 15.4. The summed E-state index contributed by atoms with van der Waals surface area (Å²) in [6.07, 6.45) is 1.72. The van der Waals surface area contributed by atoms with Gasteiger partial charge in [0.15, 0.2) is 5.78 Å². The highest BCUT2D eigenvalue weighted by Gasteiger charge is 2.59. The molecule has 0 aromatic carbocycles. The molecule has 5 heteroatoms. The topological polar surface area (TPSA) is 94.8 Å². The van der Waals surface area contributed by atoms with Gasteiger partial charge in [0.1, 0.15) is 12.2 Å². The summed E-state index contributed by atoms with van der Waals surface area (Å²) in [6, 6.07) is 0. The first-order valence-electron chi connectivity index (χ1n) is 9.13. The van der Waals surface area contributed by atoms with Gasteiger partial charge in [0, 0.05) is 12.0 Å². The molecule has 138 valence electrons. The molecule has 25 heavy (non-hydrogen) atoms. The largest absolute Gasteiger partial charge is 0.481 e. The van der Waals surface area contributed by atoms with E-state index >= 15 is 0 Å². The van der Waals surface area contributed by atoms with Crippen LogP contribution in [0.2, 0.25) is 0 Å². The van der Waals surface area contributed by atoms with Crippen LogP contribution in [0.3, 0.4) is 0 Å². The molecular weight excluding hydrogens is 320 g/mol. The Balaban J connectivity index is 2.20. The Kier molecular flexibility index (Phi) is 4.24. The van der Waals surface area contributed by atoms with Gasteiger partial charge in [-0.3, -0.25) is 9.59 Å². The van der Waals surface area contributed by atoms with Gasteiger partial charge in [-0.2, -0.15) is 0 Å². The van der Waals surface area contributed by atoms with E-state index in [-0.39, 0.29) is 24.0 Å². The molecule has 3 rings (SSSR count). The molecular formula is C20H28O5. The predicted molar refractivity (Wildman–Crippen MR) is 92.8 cm³/mol. The molecule has 0 radical (unpaired) electrons. The van der Waals surface area contributed by atoms with E-state index in [4.69, 9.17) is 0 Å². The average molecular weight is 348 g/mol. The van der Waals surface area contributed by atoms with Gasteiger partial charge in [-0.15, -0.1) is 0 Å². The summed E-state index contributed by atoms with van der Waals surface area (Å²) in [5, 5.41) is 31.3. The fourth-order valence-electron chi connectivity index (χ4n) is 5.41. The Morgan fingerprint density at radius 1 is 1.20 bits per heavy atom. The predicted octanol–water partition coefficient (Wildman–Crippen LogP) is 2.47. The number of allylic oxidation sites excluding steroid dienone is 2. The molecule has 3 N–H and O–H groups in total. The number of carbonyl (C=O) groups is 2. The molecule has 0 unspecified atom stereocenters. The Morgan fingerprint density at radius 2 is 1.84 bits per heavy atom. The zero-order chi connectivity index (χ0) is 18.7. The lowest BCUT2D eigenvalue weighted by Gasteiger charge is -2.55. The molecule has 3 aliphatic carbocycles. The van der Waals surface area contributed by atoms with E-state index in [9.17, 15) is 24.9 Å². The van der Waals surface area contributed by atoms with Gasteiger partial charge in [-0.25, -0.2) is 0 Å². The number of hydrogen-bond acceptors (Lipinski definition) is 4. The number of carboxylic acid groups (broad SMARTS) is 1. The zero-order valence-electron chi connectivity index (χ0n) is 15.4. The molecule has 5 atom stereocenters. The molecule has 0 saturated heterocycles. The van der Waals surface area contributed by atoms with E-state index in [0.29, 0.717) is 23.1 Å². The van der Waals surface area contributed by atoms with Crippen LogP contribution in [0.4, 0.5) is 0 Å². The fraction of sp³-hybridized carbons (Fsp3) is 0.700. The molecule has 0 aromatic rings. The summed E-state index contributed by atoms with van der Waals surface area (Å²) in [5.41, 5.74) is 0.133. The van der Waals surface area contributed by atoms with E-state index in [1.165, 1.54) is 0 Å². The fourth-order valence-corrected chi connectivity index (χ4v) is 5.41. The summed E-state index contributed by atoms with van der Waals surface area (Å²) in [6.45, 7) is 7.53. The first kappa shape index (κ1) is 18.3. The van der Waals surface area contributed by atoms with Crippen LogP contribution in [-0.2, 0) is 9.59 Å². The number of aliphatic hydroxyl groups is 2. The van der Waals surface area contributed by atoms with Crippen LogP contribution in [0.5, 0.6) is 0 Å². The molecule has 5 nitrogen and oxygen atoms in total. The van der Waals surface area contributed by atoms with Crippen molar-refractivity contribution >= 4 is 11.8 Å². The number of Topliss-reactive ketones (excluding diaryl/α,β-unsaturated/α-hetero) is 1. The van der Waals surface area contributed by atoms with E-state index in [0.717, 1.165) is 12.8 Å². The van der Waals surface area contributed by atoms with Crippen LogP contribution in [0.1, 0.15) is 53.4 Å². The average Bonchev–Trinajstić information content (AvgIpc) is 2.52.